The summed E-state index contributed by atoms with van der Waals surface area (Å²) in [6.45, 7) is 6.14. The zero-order valence-electron chi connectivity index (χ0n) is 19.0. The van der Waals surface area contributed by atoms with E-state index in [1.165, 1.54) is 22.5 Å². The molecule has 0 aromatic heterocycles. The van der Waals surface area contributed by atoms with Crippen LogP contribution in [0.3, 0.4) is 0 Å². The molecular formula is C24H29ClN2O5S. The largest absolute Gasteiger partial charge is 0.452 e. The normalized spacial score (nSPS) is 17.9. The maximum absolute atomic E-state index is 13.1. The van der Waals surface area contributed by atoms with Crippen LogP contribution in [-0.4, -0.2) is 44.3 Å². The minimum absolute atomic E-state index is 0.0165. The lowest BCUT2D eigenvalue weighted by atomic mass is 10.0. The van der Waals surface area contributed by atoms with E-state index in [0.29, 0.717) is 13.1 Å². The monoisotopic (exact) mass is 492 g/mol. The summed E-state index contributed by atoms with van der Waals surface area (Å²) >= 11 is 6.17. The van der Waals surface area contributed by atoms with Gasteiger partial charge in [-0.15, -0.1) is 0 Å². The maximum atomic E-state index is 13.1. The van der Waals surface area contributed by atoms with Gasteiger partial charge in [-0.3, -0.25) is 4.79 Å². The molecule has 1 aliphatic heterocycles. The van der Waals surface area contributed by atoms with Crippen molar-refractivity contribution in [2.45, 2.75) is 44.6 Å². The van der Waals surface area contributed by atoms with Crippen molar-refractivity contribution in [2.75, 3.05) is 19.7 Å². The second-order valence-corrected chi connectivity index (χ2v) is 10.8. The van der Waals surface area contributed by atoms with Crippen LogP contribution in [0.1, 0.15) is 54.2 Å². The fourth-order valence-corrected chi connectivity index (χ4v) is 6.08. The quantitative estimate of drug-likeness (QED) is 0.587. The third kappa shape index (κ3) is 6.13. The van der Waals surface area contributed by atoms with Gasteiger partial charge in [-0.05, 0) is 61.9 Å². The fraction of sp³-hybridized carbons (Fsp3) is 0.417. The first-order chi connectivity index (χ1) is 15.6. The van der Waals surface area contributed by atoms with Gasteiger partial charge in [-0.25, -0.2) is 13.2 Å². The number of carbonyl (C=O) groups excluding carboxylic acids is 2. The van der Waals surface area contributed by atoms with Gasteiger partial charge < -0.3 is 10.1 Å². The molecule has 2 unspecified atom stereocenters. The second-order valence-electron chi connectivity index (χ2n) is 8.48. The number of piperidine rings is 1. The standard InChI is InChI=1S/C24H29ClN2O5S/c1-16-7-6-12-27(14-16)33(30,31)22-13-19(10-11-21(22)25)24(29)32-15-23(28)26-18(3)20-9-5-4-8-17(20)2/h4-5,8-11,13,16,18H,6-7,12,14-15H2,1-3H3,(H,26,28). The molecule has 1 aliphatic rings. The van der Waals surface area contributed by atoms with E-state index < -0.39 is 28.5 Å². The number of hydrogen-bond acceptors (Lipinski definition) is 5. The number of halogens is 1. The van der Waals surface area contributed by atoms with Gasteiger partial charge in [0.05, 0.1) is 16.6 Å². The smallest absolute Gasteiger partial charge is 0.338 e. The molecule has 33 heavy (non-hydrogen) atoms. The lowest BCUT2D eigenvalue weighted by Gasteiger charge is -2.30. The Hall–Kier alpha value is -2.42. The highest BCUT2D eigenvalue weighted by atomic mass is 35.5. The van der Waals surface area contributed by atoms with E-state index in [1.807, 2.05) is 45.0 Å². The van der Waals surface area contributed by atoms with Crippen LogP contribution in [0.2, 0.25) is 5.02 Å². The average molecular weight is 493 g/mol. The molecule has 0 radical (unpaired) electrons. The summed E-state index contributed by atoms with van der Waals surface area (Å²) < 4.78 is 32.7. The highest BCUT2D eigenvalue weighted by molar-refractivity contribution is 7.89. The van der Waals surface area contributed by atoms with Crippen molar-refractivity contribution in [3.63, 3.8) is 0 Å². The van der Waals surface area contributed by atoms with E-state index in [2.05, 4.69) is 5.32 Å². The number of nitrogens with one attached hydrogen (secondary N) is 1. The number of benzene rings is 2. The number of esters is 1. The van der Waals surface area contributed by atoms with Gasteiger partial charge >= 0.3 is 5.97 Å². The van der Waals surface area contributed by atoms with Crippen LogP contribution in [0.15, 0.2) is 47.4 Å². The molecule has 1 amide bonds. The summed E-state index contributed by atoms with van der Waals surface area (Å²) in [5.41, 5.74) is 2.03. The second kappa shape index (κ2) is 10.7. The number of rotatable bonds is 7. The van der Waals surface area contributed by atoms with E-state index >= 15 is 0 Å². The molecule has 9 heteroatoms. The molecule has 178 valence electrons. The summed E-state index contributed by atoms with van der Waals surface area (Å²) in [5, 5.41) is 2.83. The van der Waals surface area contributed by atoms with Crippen molar-refractivity contribution in [1.82, 2.24) is 9.62 Å². The van der Waals surface area contributed by atoms with Gasteiger partial charge in [-0.2, -0.15) is 4.31 Å². The van der Waals surface area contributed by atoms with Crippen LogP contribution in [0.4, 0.5) is 0 Å². The van der Waals surface area contributed by atoms with E-state index in [0.717, 1.165) is 24.0 Å². The Balaban J connectivity index is 1.66. The molecule has 0 spiro atoms. The zero-order valence-corrected chi connectivity index (χ0v) is 20.6. The Labute approximate surface area is 200 Å². The first-order valence-corrected chi connectivity index (χ1v) is 12.7. The Bertz CT molecular complexity index is 1140. The van der Waals surface area contributed by atoms with E-state index in [4.69, 9.17) is 16.3 Å². The third-order valence-corrected chi connectivity index (χ3v) is 8.12. The van der Waals surface area contributed by atoms with Gasteiger partial charge in [0.25, 0.3) is 5.91 Å². The van der Waals surface area contributed by atoms with Crippen LogP contribution >= 0.6 is 11.6 Å². The van der Waals surface area contributed by atoms with Crippen LogP contribution in [-0.2, 0) is 19.6 Å². The number of hydrogen-bond donors (Lipinski definition) is 1. The van der Waals surface area contributed by atoms with Crippen LogP contribution in [0.5, 0.6) is 0 Å². The Morgan fingerprint density at radius 1 is 1.24 bits per heavy atom. The molecule has 2 aromatic carbocycles. The summed E-state index contributed by atoms with van der Waals surface area (Å²) in [4.78, 5) is 24.7. The molecule has 1 saturated heterocycles. The van der Waals surface area contributed by atoms with Crippen molar-refractivity contribution < 1.29 is 22.7 Å². The van der Waals surface area contributed by atoms with Crippen molar-refractivity contribution in [3.05, 3.63) is 64.2 Å². The summed E-state index contributed by atoms with van der Waals surface area (Å²) in [7, 11) is -3.85. The molecule has 0 saturated carbocycles. The summed E-state index contributed by atoms with van der Waals surface area (Å²) in [5.74, 6) is -1.00. The van der Waals surface area contributed by atoms with Crippen LogP contribution in [0, 0.1) is 12.8 Å². The van der Waals surface area contributed by atoms with Crippen LogP contribution in [0.25, 0.3) is 0 Å². The predicted octanol–water partition coefficient (Wildman–Crippen LogP) is 4.10. The summed E-state index contributed by atoms with van der Waals surface area (Å²) in [6, 6.07) is 11.4. The van der Waals surface area contributed by atoms with Crippen LogP contribution < -0.4 is 5.32 Å². The minimum atomic E-state index is -3.85. The number of amides is 1. The fourth-order valence-electron chi connectivity index (χ4n) is 3.98. The number of aryl methyl sites for hydroxylation is 1. The number of nitrogens with zero attached hydrogens (tertiary/aromatic N) is 1. The molecule has 1 heterocycles. The molecule has 0 aliphatic carbocycles. The Morgan fingerprint density at radius 2 is 1.97 bits per heavy atom. The first-order valence-electron chi connectivity index (χ1n) is 10.9. The highest BCUT2D eigenvalue weighted by Crippen LogP contribution is 2.29. The predicted molar refractivity (Wildman–Crippen MR) is 127 cm³/mol. The molecule has 2 atom stereocenters. The molecule has 7 nitrogen and oxygen atoms in total. The van der Waals surface area contributed by atoms with Crippen molar-refractivity contribution >= 4 is 33.5 Å². The van der Waals surface area contributed by atoms with Crippen molar-refractivity contribution in [2.24, 2.45) is 5.92 Å². The van der Waals surface area contributed by atoms with E-state index in [9.17, 15) is 18.0 Å². The molecule has 1 N–H and O–H groups in total. The van der Waals surface area contributed by atoms with E-state index in [-0.39, 0.29) is 27.4 Å². The molecular weight excluding hydrogens is 464 g/mol. The van der Waals surface area contributed by atoms with Gasteiger partial charge in [0, 0.05) is 13.1 Å². The average Bonchev–Trinajstić information content (AvgIpc) is 2.78. The van der Waals surface area contributed by atoms with Crippen molar-refractivity contribution in [3.8, 4) is 0 Å². The molecule has 2 aromatic rings. The number of sulfonamides is 1. The number of carbonyl (C=O) groups is 2. The Kier molecular flexibility index (Phi) is 8.15. The first kappa shape index (κ1) is 25.2. The van der Waals surface area contributed by atoms with Gasteiger partial charge in [0.15, 0.2) is 6.61 Å². The van der Waals surface area contributed by atoms with Gasteiger partial charge in [0.1, 0.15) is 4.90 Å². The third-order valence-electron chi connectivity index (χ3n) is 5.77. The highest BCUT2D eigenvalue weighted by Gasteiger charge is 2.31. The zero-order chi connectivity index (χ0) is 24.2. The topological polar surface area (TPSA) is 92.8 Å². The molecule has 0 bridgehead atoms. The molecule has 1 fully saturated rings. The summed E-state index contributed by atoms with van der Waals surface area (Å²) in [6.07, 6.45) is 1.74. The lowest BCUT2D eigenvalue weighted by molar-refractivity contribution is -0.124. The van der Waals surface area contributed by atoms with Crippen molar-refractivity contribution in [1.29, 1.82) is 0 Å². The lowest BCUT2D eigenvalue weighted by Crippen LogP contribution is -2.39. The maximum Gasteiger partial charge on any atom is 0.338 e. The SMILES string of the molecule is Cc1ccccc1C(C)NC(=O)COC(=O)c1ccc(Cl)c(S(=O)(=O)N2CCCC(C)C2)c1. The van der Waals surface area contributed by atoms with E-state index in [1.54, 1.807) is 0 Å². The minimum Gasteiger partial charge on any atom is -0.452 e. The Morgan fingerprint density at radius 3 is 2.67 bits per heavy atom. The van der Waals surface area contributed by atoms with Gasteiger partial charge in [0.2, 0.25) is 10.0 Å². The van der Waals surface area contributed by atoms with Gasteiger partial charge in [-0.1, -0.05) is 42.8 Å². The number of ether oxygens (including phenoxy) is 1. The molecule has 3 rings (SSSR count).